The second kappa shape index (κ2) is 11.8. The van der Waals surface area contributed by atoms with Crippen LogP contribution in [0, 0.1) is 11.7 Å². The van der Waals surface area contributed by atoms with Gasteiger partial charge in [0.05, 0.1) is 12.8 Å². The minimum absolute atomic E-state index is 0.00917. The zero-order valence-corrected chi connectivity index (χ0v) is 21.4. The lowest BCUT2D eigenvalue weighted by molar-refractivity contribution is -0.143. The molecule has 37 heavy (non-hydrogen) atoms. The third-order valence-corrected chi connectivity index (χ3v) is 6.41. The highest BCUT2D eigenvalue weighted by atomic mass is 19.1. The average molecular weight is 506 g/mol. The lowest BCUT2D eigenvalue weighted by Gasteiger charge is -2.36. The molecule has 1 aliphatic heterocycles. The highest BCUT2D eigenvalue weighted by molar-refractivity contribution is 5.85. The van der Waals surface area contributed by atoms with Crippen molar-refractivity contribution in [1.82, 2.24) is 20.0 Å². The van der Waals surface area contributed by atoms with Crippen LogP contribution in [0.5, 0.6) is 5.75 Å². The van der Waals surface area contributed by atoms with Crippen molar-refractivity contribution in [2.24, 2.45) is 5.92 Å². The van der Waals surface area contributed by atoms with E-state index in [2.05, 4.69) is 15.1 Å². The first-order chi connectivity index (χ1) is 17.8. The molecule has 9 heteroatoms. The number of ether oxygens (including phenoxy) is 1. The van der Waals surface area contributed by atoms with E-state index in [0.29, 0.717) is 26.2 Å². The fourth-order valence-electron chi connectivity index (χ4n) is 4.24. The number of hydrogen-bond acceptors (Lipinski definition) is 6. The van der Waals surface area contributed by atoms with E-state index in [1.165, 1.54) is 12.1 Å². The summed E-state index contributed by atoms with van der Waals surface area (Å²) in [4.78, 5) is 31.3. The summed E-state index contributed by atoms with van der Waals surface area (Å²) in [7, 11) is 1.63. The van der Waals surface area contributed by atoms with Crippen molar-refractivity contribution < 1.29 is 18.7 Å². The van der Waals surface area contributed by atoms with Crippen LogP contribution in [0.3, 0.4) is 0 Å². The molecule has 8 nitrogen and oxygen atoms in total. The molecule has 4 rings (SSSR count). The number of carbonyl (C=O) groups excluding carboxylic acids is 2. The van der Waals surface area contributed by atoms with Crippen molar-refractivity contribution in [2.45, 2.75) is 20.4 Å². The zero-order chi connectivity index (χ0) is 26.4. The van der Waals surface area contributed by atoms with Gasteiger partial charge in [-0.3, -0.25) is 9.59 Å². The Labute approximate surface area is 216 Å². The summed E-state index contributed by atoms with van der Waals surface area (Å²) < 4.78 is 18.5. The number of halogens is 1. The van der Waals surface area contributed by atoms with E-state index in [-0.39, 0.29) is 36.6 Å². The Hall–Kier alpha value is -4.01. The predicted molar refractivity (Wildman–Crippen MR) is 139 cm³/mol. The van der Waals surface area contributed by atoms with E-state index < -0.39 is 0 Å². The number of aromatic nitrogens is 2. The fraction of sp³-hybridized carbons (Fsp3) is 0.357. The van der Waals surface area contributed by atoms with Gasteiger partial charge in [-0.1, -0.05) is 26.0 Å². The lowest BCUT2D eigenvalue weighted by atomic mass is 10.1. The molecule has 2 amide bonds. The highest BCUT2D eigenvalue weighted by Crippen LogP contribution is 2.22. The monoisotopic (exact) mass is 505 g/mol. The molecular formula is C28H32FN5O3. The van der Waals surface area contributed by atoms with Gasteiger partial charge in [-0.15, -0.1) is 10.2 Å². The molecule has 0 atom stereocenters. The number of amides is 2. The Balaban J connectivity index is 1.34. The summed E-state index contributed by atoms with van der Waals surface area (Å²) in [5.41, 5.74) is 2.51. The van der Waals surface area contributed by atoms with Gasteiger partial charge in [-0.2, -0.15) is 0 Å². The summed E-state index contributed by atoms with van der Waals surface area (Å²) in [5, 5.41) is 8.77. The number of piperazine rings is 1. The van der Waals surface area contributed by atoms with Crippen LogP contribution in [0.15, 0.2) is 60.7 Å². The number of benzene rings is 2. The Morgan fingerprint density at radius 1 is 0.946 bits per heavy atom. The minimum atomic E-state index is -0.334. The van der Waals surface area contributed by atoms with E-state index in [1.807, 2.05) is 50.2 Å². The molecule has 194 valence electrons. The predicted octanol–water partition coefficient (Wildman–Crippen LogP) is 3.62. The summed E-state index contributed by atoms with van der Waals surface area (Å²) >= 11 is 0. The van der Waals surface area contributed by atoms with Crippen LogP contribution in [0.25, 0.3) is 11.3 Å². The molecular weight excluding hydrogens is 473 g/mol. The van der Waals surface area contributed by atoms with Crippen molar-refractivity contribution in [1.29, 1.82) is 0 Å². The quantitative estimate of drug-likeness (QED) is 0.465. The van der Waals surface area contributed by atoms with Crippen LogP contribution in [-0.2, 0) is 16.1 Å². The molecule has 1 aromatic heterocycles. The Bertz CT molecular complexity index is 1190. The van der Waals surface area contributed by atoms with Crippen molar-refractivity contribution in [3.63, 3.8) is 0 Å². The first-order valence-electron chi connectivity index (χ1n) is 12.4. The molecule has 0 aliphatic carbocycles. The molecule has 1 aliphatic rings. The Kier molecular flexibility index (Phi) is 8.32. The maximum absolute atomic E-state index is 13.3. The summed E-state index contributed by atoms with van der Waals surface area (Å²) in [6.45, 7) is 6.18. The van der Waals surface area contributed by atoms with Crippen molar-refractivity contribution in [2.75, 3.05) is 44.7 Å². The number of anilines is 1. The molecule has 3 aromatic rings. The van der Waals surface area contributed by atoms with Gasteiger partial charge in [0, 0.05) is 44.2 Å². The van der Waals surface area contributed by atoms with Gasteiger partial charge in [0.15, 0.2) is 5.82 Å². The van der Waals surface area contributed by atoms with Crippen molar-refractivity contribution >= 4 is 17.6 Å². The van der Waals surface area contributed by atoms with Crippen molar-refractivity contribution in [3.8, 4) is 17.0 Å². The first kappa shape index (κ1) is 26.1. The molecule has 0 unspecified atom stereocenters. The van der Waals surface area contributed by atoms with Gasteiger partial charge >= 0.3 is 0 Å². The zero-order valence-electron chi connectivity index (χ0n) is 21.4. The van der Waals surface area contributed by atoms with Crippen LogP contribution < -0.4 is 9.64 Å². The second-order valence-corrected chi connectivity index (χ2v) is 9.35. The molecule has 2 aromatic carbocycles. The first-order valence-corrected chi connectivity index (χ1v) is 12.4. The number of nitrogens with zero attached hydrogens (tertiary/aromatic N) is 5. The van der Waals surface area contributed by atoms with E-state index in [0.717, 1.165) is 28.4 Å². The van der Waals surface area contributed by atoms with Gasteiger partial charge in [-0.05, 0) is 54.1 Å². The van der Waals surface area contributed by atoms with E-state index in [4.69, 9.17) is 4.74 Å². The summed E-state index contributed by atoms with van der Waals surface area (Å²) in [5.74, 6) is 0.759. The van der Waals surface area contributed by atoms with Crippen LogP contribution in [-0.4, -0.2) is 71.6 Å². The molecule has 0 saturated carbocycles. The molecule has 1 saturated heterocycles. The van der Waals surface area contributed by atoms with Gasteiger partial charge in [0.1, 0.15) is 18.1 Å². The maximum Gasteiger partial charge on any atom is 0.242 e. The molecule has 1 fully saturated rings. The van der Waals surface area contributed by atoms with Gasteiger partial charge in [0.2, 0.25) is 11.8 Å². The van der Waals surface area contributed by atoms with Gasteiger partial charge in [0.25, 0.3) is 0 Å². The molecule has 0 bridgehead atoms. The summed E-state index contributed by atoms with van der Waals surface area (Å²) in [6.07, 6.45) is 0. The van der Waals surface area contributed by atoms with Gasteiger partial charge < -0.3 is 19.4 Å². The second-order valence-electron chi connectivity index (χ2n) is 9.35. The molecule has 2 heterocycles. The number of rotatable bonds is 8. The third-order valence-electron chi connectivity index (χ3n) is 6.41. The third kappa shape index (κ3) is 6.61. The lowest BCUT2D eigenvalue weighted by Crippen LogP contribution is -2.52. The van der Waals surface area contributed by atoms with Crippen LogP contribution in [0.1, 0.15) is 19.4 Å². The van der Waals surface area contributed by atoms with Crippen LogP contribution in [0.4, 0.5) is 10.2 Å². The SMILES string of the molecule is COc1ccc(-c2ccc(N3CCN(C(=O)CN(Cc4ccc(F)cc4)C(=O)C(C)C)CC3)nn2)cc1. The molecule has 0 spiro atoms. The number of hydrogen-bond donors (Lipinski definition) is 0. The highest BCUT2D eigenvalue weighted by Gasteiger charge is 2.26. The van der Waals surface area contributed by atoms with E-state index in [1.54, 1.807) is 29.0 Å². The van der Waals surface area contributed by atoms with Crippen molar-refractivity contribution in [3.05, 3.63) is 72.0 Å². The Morgan fingerprint density at radius 2 is 1.62 bits per heavy atom. The Morgan fingerprint density at radius 3 is 2.19 bits per heavy atom. The van der Waals surface area contributed by atoms with Crippen LogP contribution in [0.2, 0.25) is 0 Å². The summed E-state index contributed by atoms with van der Waals surface area (Å²) in [6, 6.07) is 17.5. The smallest absolute Gasteiger partial charge is 0.242 e. The number of methoxy groups -OCH3 is 1. The van der Waals surface area contributed by atoms with E-state index >= 15 is 0 Å². The molecule has 0 N–H and O–H groups in total. The van der Waals surface area contributed by atoms with Gasteiger partial charge in [-0.25, -0.2) is 4.39 Å². The number of carbonyl (C=O) groups is 2. The molecule has 0 radical (unpaired) electrons. The standard InChI is InChI=1S/C28H32FN5O3/c1-20(2)28(36)34(18-21-4-8-23(29)9-5-21)19-27(35)33-16-14-32(15-17-33)26-13-12-25(30-31-26)22-6-10-24(37-3)11-7-22/h4-13,20H,14-19H2,1-3H3. The topological polar surface area (TPSA) is 78.9 Å². The minimum Gasteiger partial charge on any atom is -0.497 e. The largest absolute Gasteiger partial charge is 0.497 e. The fourth-order valence-corrected chi connectivity index (χ4v) is 4.24. The normalized spacial score (nSPS) is 13.5. The average Bonchev–Trinajstić information content (AvgIpc) is 2.93. The van der Waals surface area contributed by atoms with E-state index in [9.17, 15) is 14.0 Å². The maximum atomic E-state index is 13.3. The van der Waals surface area contributed by atoms with Crippen LogP contribution >= 0.6 is 0 Å².